The first-order chi connectivity index (χ1) is 21.1. The third kappa shape index (κ3) is 4.47. The van der Waals surface area contributed by atoms with Crippen LogP contribution in [0.4, 0.5) is 0 Å². The predicted octanol–water partition coefficient (Wildman–Crippen LogP) is 12.7. The first-order valence-electron chi connectivity index (χ1n) is 17.0. The monoisotopic (exact) mass is 744 g/mol. The van der Waals surface area contributed by atoms with Crippen molar-refractivity contribution in [3.05, 3.63) is 128 Å². The number of rotatable bonds is 6. The second kappa shape index (κ2) is 10.9. The van der Waals surface area contributed by atoms with Crippen molar-refractivity contribution in [1.82, 2.24) is 0 Å². The molecule has 3 aliphatic rings. The Hall–Kier alpha value is -2.77. The molecule has 1 heterocycles. The quantitative estimate of drug-likeness (QED) is 0.173. The van der Waals surface area contributed by atoms with Gasteiger partial charge in [0.05, 0.1) is 0 Å². The summed E-state index contributed by atoms with van der Waals surface area (Å²) in [4.78, 5) is 0. The SMILES string of the molecule is CCCC1(CCC)C2=Cc3c(-c4cc(C)cc(C)c4)cccc3[CH]2[Hf]([CH3])([CH3])[CH]2C1=Cc1c(-c3cc(C)cc(C)c3)cccc12. The molecular formula is C43H48Hf. The van der Waals surface area contributed by atoms with Crippen molar-refractivity contribution >= 4 is 12.2 Å². The van der Waals surface area contributed by atoms with Crippen molar-refractivity contribution < 1.29 is 20.0 Å². The van der Waals surface area contributed by atoms with E-state index in [1.54, 1.807) is 22.3 Å². The summed E-state index contributed by atoms with van der Waals surface area (Å²) in [6, 6.07) is 28.7. The molecule has 0 radical (unpaired) electrons. The fourth-order valence-electron chi connectivity index (χ4n) is 9.89. The number of allylic oxidation sites excluding steroid dienone is 2. The van der Waals surface area contributed by atoms with Gasteiger partial charge < -0.3 is 0 Å². The van der Waals surface area contributed by atoms with E-state index in [0.29, 0.717) is 7.35 Å². The van der Waals surface area contributed by atoms with Crippen LogP contribution in [0.3, 0.4) is 0 Å². The predicted molar refractivity (Wildman–Crippen MR) is 188 cm³/mol. The molecule has 4 aromatic carbocycles. The molecule has 0 N–H and O–H groups in total. The molecule has 1 heteroatoms. The third-order valence-electron chi connectivity index (χ3n) is 11.1. The van der Waals surface area contributed by atoms with E-state index in [2.05, 4.69) is 136 Å². The summed E-state index contributed by atoms with van der Waals surface area (Å²) in [6.45, 7) is 13.8. The van der Waals surface area contributed by atoms with Gasteiger partial charge >= 0.3 is 272 Å². The molecule has 224 valence electrons. The molecular weight excluding hydrogens is 695 g/mol. The van der Waals surface area contributed by atoms with E-state index in [4.69, 9.17) is 0 Å². The van der Waals surface area contributed by atoms with Crippen LogP contribution >= 0.6 is 0 Å². The van der Waals surface area contributed by atoms with E-state index in [9.17, 15) is 0 Å². The Kier molecular flexibility index (Phi) is 7.44. The van der Waals surface area contributed by atoms with Crippen LogP contribution in [0.15, 0.2) is 83.9 Å². The van der Waals surface area contributed by atoms with Crippen LogP contribution in [-0.2, 0) is 20.0 Å². The van der Waals surface area contributed by atoms with Gasteiger partial charge in [-0.3, -0.25) is 0 Å². The molecule has 0 spiro atoms. The van der Waals surface area contributed by atoms with Crippen LogP contribution < -0.4 is 0 Å². The second-order valence-corrected chi connectivity index (χ2v) is 32.1. The van der Waals surface area contributed by atoms with Crippen molar-refractivity contribution in [3.8, 4) is 22.3 Å². The van der Waals surface area contributed by atoms with Gasteiger partial charge in [-0.2, -0.15) is 0 Å². The van der Waals surface area contributed by atoms with Crippen LogP contribution in [0.25, 0.3) is 34.4 Å². The molecule has 2 atom stereocenters. The van der Waals surface area contributed by atoms with Gasteiger partial charge in [0.15, 0.2) is 0 Å². The van der Waals surface area contributed by atoms with Crippen LogP contribution in [0.2, 0.25) is 9.36 Å². The molecule has 0 amide bonds. The van der Waals surface area contributed by atoms with Crippen molar-refractivity contribution in [2.75, 3.05) is 0 Å². The maximum absolute atomic E-state index is 3.11. The molecule has 0 saturated carbocycles. The van der Waals surface area contributed by atoms with Gasteiger partial charge in [-0.1, -0.05) is 0 Å². The summed E-state index contributed by atoms with van der Waals surface area (Å²) < 4.78 is 6.84. The number of fused-ring (bicyclic) bond motifs is 6. The van der Waals surface area contributed by atoms with E-state index in [-0.39, 0.29) is 5.41 Å². The molecule has 0 aromatic heterocycles. The van der Waals surface area contributed by atoms with Crippen molar-refractivity contribution in [3.63, 3.8) is 0 Å². The zero-order chi connectivity index (χ0) is 31.0. The molecule has 7 rings (SSSR count). The summed E-state index contributed by atoms with van der Waals surface area (Å²) in [5, 5.41) is 0. The third-order valence-corrected chi connectivity index (χ3v) is 26.3. The summed E-state index contributed by atoms with van der Waals surface area (Å²) in [5.74, 6) is 0. The average Bonchev–Trinajstić information content (AvgIpc) is 3.57. The first-order valence-corrected chi connectivity index (χ1v) is 28.3. The van der Waals surface area contributed by atoms with E-state index >= 15 is 0 Å². The minimum atomic E-state index is -3.11. The van der Waals surface area contributed by atoms with Gasteiger partial charge in [0.1, 0.15) is 0 Å². The zero-order valence-electron chi connectivity index (χ0n) is 28.1. The first kappa shape index (κ1) is 29.9. The van der Waals surface area contributed by atoms with Gasteiger partial charge in [0.2, 0.25) is 0 Å². The van der Waals surface area contributed by atoms with Crippen molar-refractivity contribution in [1.29, 1.82) is 0 Å². The Morgan fingerprint density at radius 2 is 0.955 bits per heavy atom. The number of benzene rings is 4. The Morgan fingerprint density at radius 1 is 0.568 bits per heavy atom. The van der Waals surface area contributed by atoms with E-state index < -0.39 is 20.0 Å². The van der Waals surface area contributed by atoms with E-state index in [0.717, 1.165) is 0 Å². The van der Waals surface area contributed by atoms with E-state index in [1.165, 1.54) is 81.3 Å². The standard InChI is InChI=1S/C41H42.2CH3.Hf/c1-7-15-41(16-8-2,35-23-31-11-9-13-37(39(31)25-35)33-19-27(3)17-28(4)20-33)36-24-32-12-10-14-38(40(32)26-36)34-21-29(5)18-30(6)22-34;;;/h9-14,17-26H,7-8,15-16H2,1-6H3;2*1H3;. The zero-order valence-corrected chi connectivity index (χ0v) is 31.7. The molecule has 4 aromatic rings. The van der Waals surface area contributed by atoms with Crippen LogP contribution in [0, 0.1) is 33.1 Å². The summed E-state index contributed by atoms with van der Waals surface area (Å²) in [5.41, 5.74) is 21.0. The normalized spacial score (nSPS) is 20.4. The summed E-state index contributed by atoms with van der Waals surface area (Å²) in [6.07, 6.45) is 10.4. The molecule has 0 nitrogen and oxygen atoms in total. The molecule has 2 unspecified atom stereocenters. The Bertz CT molecular complexity index is 1690. The average molecular weight is 743 g/mol. The van der Waals surface area contributed by atoms with Crippen LogP contribution in [0.5, 0.6) is 0 Å². The Balaban J connectivity index is 1.49. The summed E-state index contributed by atoms with van der Waals surface area (Å²) in [7, 11) is 0. The minimum absolute atomic E-state index is 0.131. The van der Waals surface area contributed by atoms with Gasteiger partial charge in [-0.25, -0.2) is 0 Å². The van der Waals surface area contributed by atoms with Crippen LogP contribution in [0.1, 0.15) is 91.4 Å². The van der Waals surface area contributed by atoms with Crippen molar-refractivity contribution in [2.45, 2.75) is 83.9 Å². The number of aryl methyl sites for hydroxylation is 4. The van der Waals surface area contributed by atoms with Gasteiger partial charge in [0.25, 0.3) is 0 Å². The molecule has 1 aliphatic heterocycles. The van der Waals surface area contributed by atoms with Gasteiger partial charge in [-0.05, 0) is 0 Å². The number of hydrogen-bond donors (Lipinski definition) is 0. The van der Waals surface area contributed by atoms with Crippen LogP contribution in [-0.4, -0.2) is 0 Å². The van der Waals surface area contributed by atoms with Gasteiger partial charge in [-0.15, -0.1) is 0 Å². The maximum atomic E-state index is 2.79. The second-order valence-electron chi connectivity index (χ2n) is 14.8. The molecule has 44 heavy (non-hydrogen) atoms. The summed E-state index contributed by atoms with van der Waals surface area (Å²) >= 11 is -3.11. The molecule has 2 aliphatic carbocycles. The fraction of sp³-hybridized carbons (Fsp3) is 0.349. The molecule has 0 bridgehead atoms. The van der Waals surface area contributed by atoms with E-state index in [1.807, 2.05) is 0 Å². The number of hydrogen-bond acceptors (Lipinski definition) is 0. The Morgan fingerprint density at radius 3 is 1.32 bits per heavy atom. The van der Waals surface area contributed by atoms with Gasteiger partial charge in [0, 0.05) is 0 Å². The van der Waals surface area contributed by atoms with Crippen molar-refractivity contribution in [2.24, 2.45) is 5.41 Å². The topological polar surface area (TPSA) is 0 Å². The molecule has 1 fully saturated rings. The Labute approximate surface area is 270 Å². The molecule has 1 saturated heterocycles. The fourth-order valence-corrected chi connectivity index (χ4v) is 27.0.